The quantitative estimate of drug-likeness (QED) is 0.724. The molecule has 0 spiro atoms. The molecular weight excluding hydrogens is 188 g/mol. The van der Waals surface area contributed by atoms with Crippen molar-refractivity contribution < 1.29 is 5.06 Å². The smallest absolute Gasteiger partial charge is 0.126 e. The van der Waals surface area contributed by atoms with E-state index in [4.69, 9.17) is 5.73 Å². The lowest BCUT2D eigenvalue weighted by molar-refractivity contribution is -0.928. The van der Waals surface area contributed by atoms with E-state index in [0.29, 0.717) is 6.54 Å². The highest BCUT2D eigenvalue weighted by Gasteiger charge is 2.26. The van der Waals surface area contributed by atoms with Gasteiger partial charge in [0.25, 0.3) is 0 Å². The maximum absolute atomic E-state index is 12.1. The van der Waals surface area contributed by atoms with Gasteiger partial charge in [-0.2, -0.15) is 0 Å². The second-order valence-electron chi connectivity index (χ2n) is 4.81. The summed E-state index contributed by atoms with van der Waals surface area (Å²) in [5.74, 6) is 0. The van der Waals surface area contributed by atoms with Gasteiger partial charge < -0.3 is 16.0 Å². The fourth-order valence-electron chi connectivity index (χ4n) is 1.60. The molecule has 0 radical (unpaired) electrons. The summed E-state index contributed by atoms with van der Waals surface area (Å²) in [5, 5.41) is 12.3. The third kappa shape index (κ3) is 3.02. The summed E-state index contributed by atoms with van der Waals surface area (Å²) in [4.78, 5) is 0. The lowest BCUT2D eigenvalue weighted by atomic mass is 10.0. The van der Waals surface area contributed by atoms with Crippen molar-refractivity contribution in [1.29, 1.82) is 0 Å². The van der Waals surface area contributed by atoms with Crippen LogP contribution in [0.3, 0.4) is 0 Å². The van der Waals surface area contributed by atoms with E-state index in [1.54, 1.807) is 0 Å². The van der Waals surface area contributed by atoms with Crippen LogP contribution in [0.1, 0.15) is 32.4 Å². The van der Waals surface area contributed by atoms with E-state index in [1.165, 1.54) is 0 Å². The number of benzene rings is 1. The maximum atomic E-state index is 12.1. The first-order chi connectivity index (χ1) is 6.96. The Morgan fingerprint density at radius 3 is 2.20 bits per heavy atom. The molecule has 0 aliphatic heterocycles. The fourth-order valence-corrected chi connectivity index (χ4v) is 1.60. The van der Waals surface area contributed by atoms with Crippen molar-refractivity contribution in [1.82, 2.24) is 0 Å². The molecule has 84 valence electrons. The Morgan fingerprint density at radius 1 is 1.27 bits per heavy atom. The van der Waals surface area contributed by atoms with E-state index in [-0.39, 0.29) is 16.6 Å². The van der Waals surface area contributed by atoms with Gasteiger partial charge in [-0.3, -0.25) is 0 Å². The van der Waals surface area contributed by atoms with Crippen LogP contribution in [0.4, 0.5) is 0 Å². The van der Waals surface area contributed by atoms with Gasteiger partial charge in [-0.05, 0) is 20.8 Å². The van der Waals surface area contributed by atoms with Crippen LogP contribution in [-0.2, 0) is 0 Å². The number of nitrogens with one attached hydrogen (secondary N) is 1. The molecule has 1 aromatic rings. The van der Waals surface area contributed by atoms with Crippen LogP contribution >= 0.6 is 0 Å². The summed E-state index contributed by atoms with van der Waals surface area (Å²) in [6, 6.07) is 9.56. The third-order valence-electron chi connectivity index (χ3n) is 2.49. The van der Waals surface area contributed by atoms with Gasteiger partial charge in [0.1, 0.15) is 6.04 Å². The summed E-state index contributed by atoms with van der Waals surface area (Å²) >= 11 is 0. The fraction of sp³-hybridized carbons (Fsp3) is 0.500. The number of nitrogens with two attached hydrogens (primary N) is 1. The van der Waals surface area contributed by atoms with Gasteiger partial charge in [-0.1, -0.05) is 30.3 Å². The number of rotatable bonds is 3. The standard InChI is InChI=1S/C12H20N2O/c1-12(2,3)14(15)11(9-13)10-7-5-4-6-8-10/h4-8,11,14H,9,13H2,1-3H3. The SMILES string of the molecule is CC(C)(C)[NH+]([O-])C(CN)c1ccccc1. The predicted molar refractivity (Wildman–Crippen MR) is 62.3 cm³/mol. The predicted octanol–water partition coefficient (Wildman–Crippen LogP) is 0.868. The van der Waals surface area contributed by atoms with Gasteiger partial charge in [0.15, 0.2) is 0 Å². The topological polar surface area (TPSA) is 53.5 Å². The van der Waals surface area contributed by atoms with Crippen LogP contribution in [0, 0.1) is 5.21 Å². The zero-order valence-corrected chi connectivity index (χ0v) is 9.66. The molecule has 0 heterocycles. The zero-order chi connectivity index (χ0) is 11.5. The Morgan fingerprint density at radius 2 is 1.80 bits per heavy atom. The Balaban J connectivity index is 2.90. The van der Waals surface area contributed by atoms with E-state index in [9.17, 15) is 5.21 Å². The number of hydrogen-bond donors (Lipinski definition) is 2. The van der Waals surface area contributed by atoms with Crippen LogP contribution in [0.5, 0.6) is 0 Å². The van der Waals surface area contributed by atoms with Gasteiger partial charge in [-0.15, -0.1) is 0 Å². The Labute approximate surface area is 91.5 Å². The average Bonchev–Trinajstić information content (AvgIpc) is 2.19. The molecule has 0 saturated heterocycles. The normalized spacial score (nSPS) is 16.1. The van der Waals surface area contributed by atoms with Gasteiger partial charge in [0, 0.05) is 5.56 Å². The van der Waals surface area contributed by atoms with Crippen molar-refractivity contribution in [3.05, 3.63) is 41.1 Å². The summed E-state index contributed by atoms with van der Waals surface area (Å²) < 4.78 is 0. The lowest BCUT2D eigenvalue weighted by Gasteiger charge is -2.41. The Hall–Kier alpha value is -0.900. The van der Waals surface area contributed by atoms with Crippen LogP contribution in [0.25, 0.3) is 0 Å². The minimum Gasteiger partial charge on any atom is -0.633 e. The Kier molecular flexibility index (Phi) is 3.85. The highest BCUT2D eigenvalue weighted by atomic mass is 16.5. The molecule has 15 heavy (non-hydrogen) atoms. The summed E-state index contributed by atoms with van der Waals surface area (Å²) in [6.07, 6.45) is 0. The molecule has 0 bridgehead atoms. The molecule has 0 fully saturated rings. The monoisotopic (exact) mass is 208 g/mol. The van der Waals surface area contributed by atoms with Crippen molar-refractivity contribution in [3.8, 4) is 0 Å². The molecule has 3 heteroatoms. The van der Waals surface area contributed by atoms with Gasteiger partial charge >= 0.3 is 0 Å². The van der Waals surface area contributed by atoms with E-state index in [1.807, 2.05) is 51.1 Å². The van der Waals surface area contributed by atoms with Crippen molar-refractivity contribution >= 4 is 0 Å². The third-order valence-corrected chi connectivity index (χ3v) is 2.49. The summed E-state index contributed by atoms with van der Waals surface area (Å²) in [6.45, 7) is 6.17. The lowest BCUT2D eigenvalue weighted by Crippen LogP contribution is -3.15. The average molecular weight is 208 g/mol. The maximum Gasteiger partial charge on any atom is 0.126 e. The second-order valence-corrected chi connectivity index (χ2v) is 4.81. The summed E-state index contributed by atoms with van der Waals surface area (Å²) in [7, 11) is 0. The van der Waals surface area contributed by atoms with E-state index >= 15 is 0 Å². The van der Waals surface area contributed by atoms with Gasteiger partial charge in [-0.25, -0.2) is 0 Å². The molecular formula is C12H20N2O. The van der Waals surface area contributed by atoms with Crippen LogP contribution in [0.15, 0.2) is 30.3 Å². The molecule has 3 nitrogen and oxygen atoms in total. The van der Waals surface area contributed by atoms with Crippen molar-refractivity contribution in [3.63, 3.8) is 0 Å². The first kappa shape index (κ1) is 12.2. The van der Waals surface area contributed by atoms with Crippen LogP contribution < -0.4 is 10.8 Å². The molecule has 0 saturated carbocycles. The minimum atomic E-state index is -0.333. The number of hydrogen-bond acceptors (Lipinski definition) is 2. The van der Waals surface area contributed by atoms with Gasteiger partial charge in [0.2, 0.25) is 0 Å². The van der Waals surface area contributed by atoms with Crippen LogP contribution in [-0.4, -0.2) is 12.1 Å². The van der Waals surface area contributed by atoms with Crippen LogP contribution in [0.2, 0.25) is 0 Å². The van der Waals surface area contributed by atoms with E-state index in [2.05, 4.69) is 0 Å². The minimum absolute atomic E-state index is 0.175. The molecule has 1 aromatic carbocycles. The van der Waals surface area contributed by atoms with Gasteiger partial charge in [0.05, 0.1) is 12.1 Å². The van der Waals surface area contributed by atoms with Crippen molar-refractivity contribution in [2.75, 3.05) is 6.54 Å². The first-order valence-electron chi connectivity index (χ1n) is 5.26. The molecule has 0 amide bonds. The largest absolute Gasteiger partial charge is 0.633 e. The second kappa shape index (κ2) is 4.75. The van der Waals surface area contributed by atoms with E-state index < -0.39 is 0 Å². The highest BCUT2D eigenvalue weighted by Crippen LogP contribution is 2.10. The molecule has 0 aliphatic rings. The molecule has 2 atom stereocenters. The first-order valence-corrected chi connectivity index (χ1v) is 5.26. The zero-order valence-electron chi connectivity index (χ0n) is 9.66. The molecule has 0 aliphatic carbocycles. The van der Waals surface area contributed by atoms with Crippen molar-refractivity contribution in [2.45, 2.75) is 32.4 Å². The molecule has 0 aromatic heterocycles. The van der Waals surface area contributed by atoms with E-state index in [0.717, 1.165) is 5.56 Å². The molecule has 3 N–H and O–H groups in total. The molecule has 1 rings (SSSR count). The highest BCUT2D eigenvalue weighted by molar-refractivity contribution is 5.17. The molecule has 2 unspecified atom stereocenters. The Bertz CT molecular complexity index is 292. The summed E-state index contributed by atoms with van der Waals surface area (Å²) in [5.41, 5.74) is 6.36. The van der Waals surface area contributed by atoms with Crippen molar-refractivity contribution in [2.24, 2.45) is 5.73 Å². The number of quaternary nitrogens is 1. The number of hydroxylamine groups is 2.